The van der Waals surface area contributed by atoms with Crippen molar-refractivity contribution in [2.75, 3.05) is 0 Å². The van der Waals surface area contributed by atoms with Gasteiger partial charge in [0.1, 0.15) is 4.90 Å². The summed E-state index contributed by atoms with van der Waals surface area (Å²) in [5, 5.41) is 18.0. The second kappa shape index (κ2) is 5.65. The Morgan fingerprint density at radius 2 is 1.67 bits per heavy atom. The number of aromatic amines is 1. The molecule has 7 heteroatoms. The van der Waals surface area contributed by atoms with Crippen LogP contribution >= 0.6 is 0 Å². The van der Waals surface area contributed by atoms with E-state index in [0.29, 0.717) is 11.1 Å². The number of nitrogens with one attached hydrogen (secondary N) is 1. The number of fused-ring (bicyclic) bond motifs is 1. The zero-order valence-corrected chi connectivity index (χ0v) is 13.0. The van der Waals surface area contributed by atoms with Gasteiger partial charge in [-0.2, -0.15) is 10.5 Å². The van der Waals surface area contributed by atoms with E-state index in [1.807, 2.05) is 12.1 Å². The highest BCUT2D eigenvalue weighted by molar-refractivity contribution is 7.91. The number of hydrogen-bond donors (Lipinski definition) is 1. The van der Waals surface area contributed by atoms with Crippen LogP contribution in [0.5, 0.6) is 0 Å². The van der Waals surface area contributed by atoms with Gasteiger partial charge >= 0.3 is 0 Å². The van der Waals surface area contributed by atoms with Crippen LogP contribution in [0.1, 0.15) is 11.1 Å². The van der Waals surface area contributed by atoms with Crippen molar-refractivity contribution in [3.8, 4) is 12.1 Å². The molecule has 3 rings (SSSR count). The first-order valence-corrected chi connectivity index (χ1v) is 8.26. The fraction of sp³-hybridized carbons (Fsp3) is 0. The molecular weight excluding hydrogens is 326 g/mol. The molecule has 2 aromatic carbocycles. The van der Waals surface area contributed by atoms with E-state index < -0.39 is 20.2 Å². The van der Waals surface area contributed by atoms with E-state index in [0.717, 1.165) is 6.20 Å². The van der Waals surface area contributed by atoms with Gasteiger partial charge in [-0.1, -0.05) is 6.07 Å². The van der Waals surface area contributed by atoms with Crippen molar-refractivity contribution in [2.45, 2.75) is 9.79 Å². The molecule has 0 bridgehead atoms. The van der Waals surface area contributed by atoms with Crippen LogP contribution in [0.15, 0.2) is 63.2 Å². The highest BCUT2D eigenvalue weighted by atomic mass is 32.2. The molecule has 116 valence electrons. The Kier molecular flexibility index (Phi) is 3.64. The molecule has 0 unspecified atom stereocenters. The molecule has 6 nitrogen and oxygen atoms in total. The monoisotopic (exact) mass is 335 g/mol. The van der Waals surface area contributed by atoms with Crippen LogP contribution in [-0.4, -0.2) is 13.4 Å². The first-order chi connectivity index (χ1) is 11.5. The summed E-state index contributed by atoms with van der Waals surface area (Å²) in [6, 6.07) is 13.6. The number of sulfone groups is 1. The maximum Gasteiger partial charge on any atom is 0.211 e. The number of pyridine rings is 1. The van der Waals surface area contributed by atoms with Crippen LogP contribution in [0, 0.1) is 22.7 Å². The van der Waals surface area contributed by atoms with E-state index in [9.17, 15) is 13.2 Å². The Balaban J connectivity index is 2.26. The van der Waals surface area contributed by atoms with Crippen molar-refractivity contribution >= 4 is 20.7 Å². The van der Waals surface area contributed by atoms with E-state index in [2.05, 4.69) is 4.98 Å². The number of H-pyrrole nitrogens is 1. The molecule has 1 N–H and O–H groups in total. The van der Waals surface area contributed by atoms with Crippen molar-refractivity contribution < 1.29 is 8.42 Å². The molecule has 0 radical (unpaired) electrons. The smallest absolute Gasteiger partial charge is 0.211 e. The minimum absolute atomic E-state index is 0.125. The summed E-state index contributed by atoms with van der Waals surface area (Å²) < 4.78 is 25.4. The summed E-state index contributed by atoms with van der Waals surface area (Å²) in [4.78, 5) is 14.8. The molecule has 0 spiro atoms. The fourth-order valence-corrected chi connectivity index (χ4v) is 3.69. The standard InChI is InChI=1S/C17H9N3O3S/c18-8-11-2-1-3-13(6-11)24(22,23)16-10-20-15-7-12(9-19)4-5-14(15)17(16)21/h1-7,10H,(H,20,21). The van der Waals surface area contributed by atoms with Gasteiger partial charge in [0.25, 0.3) is 0 Å². The third-order valence-electron chi connectivity index (χ3n) is 3.54. The number of rotatable bonds is 2. The minimum Gasteiger partial charge on any atom is -0.360 e. The summed E-state index contributed by atoms with van der Waals surface area (Å²) in [6.45, 7) is 0. The Morgan fingerprint density at radius 1 is 0.958 bits per heavy atom. The Hall–Kier alpha value is -3.42. The molecule has 0 fully saturated rings. The highest BCUT2D eigenvalue weighted by Gasteiger charge is 2.22. The molecule has 0 atom stereocenters. The van der Waals surface area contributed by atoms with Crippen LogP contribution in [0.4, 0.5) is 0 Å². The summed E-state index contributed by atoms with van der Waals surface area (Å²) in [5.41, 5.74) is 0.266. The first kappa shape index (κ1) is 15.5. The number of nitriles is 2. The van der Waals surface area contributed by atoms with E-state index >= 15 is 0 Å². The van der Waals surface area contributed by atoms with Crippen molar-refractivity contribution in [3.63, 3.8) is 0 Å². The van der Waals surface area contributed by atoms with Crippen LogP contribution in [0.3, 0.4) is 0 Å². The molecular formula is C17H9N3O3S. The normalized spacial score (nSPS) is 10.9. The van der Waals surface area contributed by atoms with Crippen molar-refractivity contribution in [3.05, 3.63) is 70.0 Å². The number of benzene rings is 2. The quantitative estimate of drug-likeness (QED) is 0.770. The van der Waals surface area contributed by atoms with Gasteiger partial charge in [-0.25, -0.2) is 8.42 Å². The lowest BCUT2D eigenvalue weighted by Gasteiger charge is -2.06. The highest BCUT2D eigenvalue weighted by Crippen LogP contribution is 2.20. The summed E-state index contributed by atoms with van der Waals surface area (Å²) in [6.07, 6.45) is 1.11. The molecule has 0 aliphatic carbocycles. The summed E-state index contributed by atoms with van der Waals surface area (Å²) in [5.74, 6) is 0. The van der Waals surface area contributed by atoms with Gasteiger partial charge in [-0.15, -0.1) is 0 Å². The molecule has 0 aliphatic rings. The fourth-order valence-electron chi connectivity index (χ4n) is 2.33. The Morgan fingerprint density at radius 3 is 2.38 bits per heavy atom. The number of aromatic nitrogens is 1. The molecule has 0 saturated carbocycles. The molecule has 0 aliphatic heterocycles. The number of hydrogen-bond acceptors (Lipinski definition) is 5. The average Bonchev–Trinajstić information content (AvgIpc) is 2.61. The molecule has 1 aromatic heterocycles. The van der Waals surface area contributed by atoms with Gasteiger partial charge in [0.05, 0.1) is 33.7 Å². The van der Waals surface area contributed by atoms with Gasteiger partial charge in [0.2, 0.25) is 15.3 Å². The average molecular weight is 335 g/mol. The van der Waals surface area contributed by atoms with Gasteiger partial charge in [0, 0.05) is 11.6 Å². The Labute approximate surface area is 137 Å². The van der Waals surface area contributed by atoms with Crippen LogP contribution in [0.2, 0.25) is 0 Å². The molecule has 0 amide bonds. The lowest BCUT2D eigenvalue weighted by atomic mass is 10.1. The second-order valence-corrected chi connectivity index (χ2v) is 6.92. The second-order valence-electron chi connectivity index (χ2n) is 5.00. The van der Waals surface area contributed by atoms with Crippen LogP contribution in [-0.2, 0) is 9.84 Å². The lowest BCUT2D eigenvalue weighted by Crippen LogP contribution is -2.16. The number of nitrogens with zero attached hydrogens (tertiary/aromatic N) is 2. The maximum absolute atomic E-state index is 12.7. The molecule has 24 heavy (non-hydrogen) atoms. The first-order valence-electron chi connectivity index (χ1n) is 6.78. The van der Waals surface area contributed by atoms with E-state index in [-0.39, 0.29) is 15.8 Å². The third-order valence-corrected chi connectivity index (χ3v) is 5.30. The zero-order valence-electron chi connectivity index (χ0n) is 12.1. The largest absolute Gasteiger partial charge is 0.360 e. The molecule has 3 aromatic rings. The van der Waals surface area contributed by atoms with Gasteiger partial charge in [-0.3, -0.25) is 4.79 Å². The van der Waals surface area contributed by atoms with E-state index in [1.54, 1.807) is 0 Å². The lowest BCUT2D eigenvalue weighted by molar-refractivity contribution is 0.595. The minimum atomic E-state index is -4.07. The van der Waals surface area contributed by atoms with Gasteiger partial charge in [0.15, 0.2) is 0 Å². The summed E-state index contributed by atoms with van der Waals surface area (Å²) >= 11 is 0. The van der Waals surface area contributed by atoms with E-state index in [4.69, 9.17) is 10.5 Å². The van der Waals surface area contributed by atoms with Crippen molar-refractivity contribution in [2.24, 2.45) is 0 Å². The predicted octanol–water partition coefficient (Wildman–Crippen LogP) is 2.10. The van der Waals surface area contributed by atoms with Crippen LogP contribution in [0.25, 0.3) is 10.9 Å². The maximum atomic E-state index is 12.7. The SMILES string of the molecule is N#Cc1cccc(S(=O)(=O)c2c[nH]c3cc(C#N)ccc3c2=O)c1. The van der Waals surface area contributed by atoms with Gasteiger partial charge < -0.3 is 4.98 Å². The van der Waals surface area contributed by atoms with Crippen molar-refractivity contribution in [1.82, 2.24) is 4.98 Å². The summed E-state index contributed by atoms with van der Waals surface area (Å²) in [7, 11) is -4.07. The Bertz CT molecular complexity index is 1210. The predicted molar refractivity (Wildman–Crippen MR) is 85.9 cm³/mol. The third kappa shape index (κ3) is 2.43. The molecule has 0 saturated heterocycles. The zero-order chi connectivity index (χ0) is 17.3. The topological polar surface area (TPSA) is 115 Å². The van der Waals surface area contributed by atoms with Crippen LogP contribution < -0.4 is 5.43 Å². The van der Waals surface area contributed by atoms with Gasteiger partial charge in [-0.05, 0) is 36.4 Å². The molecule has 1 heterocycles. The van der Waals surface area contributed by atoms with E-state index in [1.165, 1.54) is 42.5 Å². The van der Waals surface area contributed by atoms with Crippen molar-refractivity contribution in [1.29, 1.82) is 10.5 Å².